The first-order chi connectivity index (χ1) is 10.3. The molecule has 0 bridgehead atoms. The summed E-state index contributed by atoms with van der Waals surface area (Å²) in [4.78, 5) is 0. The van der Waals surface area contributed by atoms with Gasteiger partial charge in [0.2, 0.25) is 0 Å². The van der Waals surface area contributed by atoms with Gasteiger partial charge in [0.05, 0.1) is 0 Å². The standard InChI is InChI=1S/C20H33N/c1-4-16-13-14-19(15-17(16)5-2)20(21-6-3)18-11-9-7-8-10-12-18/h13-15,18,20-21H,4-12H2,1-3H3. The second-order valence-electron chi connectivity index (χ2n) is 6.52. The molecule has 0 heterocycles. The van der Waals surface area contributed by atoms with E-state index < -0.39 is 0 Å². The van der Waals surface area contributed by atoms with Gasteiger partial charge in [-0.15, -0.1) is 0 Å². The molecule has 1 fully saturated rings. The predicted octanol–water partition coefficient (Wildman–Crippen LogP) is 5.43. The van der Waals surface area contributed by atoms with Gasteiger partial charge in [-0.1, -0.05) is 64.7 Å². The Morgan fingerprint density at radius 2 is 1.62 bits per heavy atom. The molecule has 0 saturated heterocycles. The van der Waals surface area contributed by atoms with Crippen molar-refractivity contribution < 1.29 is 0 Å². The smallest absolute Gasteiger partial charge is 0.0348 e. The quantitative estimate of drug-likeness (QED) is 0.688. The van der Waals surface area contributed by atoms with Crippen LogP contribution in [-0.2, 0) is 12.8 Å². The fourth-order valence-electron chi connectivity index (χ4n) is 3.93. The summed E-state index contributed by atoms with van der Waals surface area (Å²) in [5, 5.41) is 3.79. The second kappa shape index (κ2) is 8.58. The Hall–Kier alpha value is -0.820. The maximum absolute atomic E-state index is 3.79. The van der Waals surface area contributed by atoms with E-state index in [4.69, 9.17) is 0 Å². The summed E-state index contributed by atoms with van der Waals surface area (Å²) in [5.41, 5.74) is 4.60. The highest BCUT2D eigenvalue weighted by Crippen LogP contribution is 2.34. The van der Waals surface area contributed by atoms with E-state index >= 15 is 0 Å². The average Bonchev–Trinajstić information content (AvgIpc) is 2.81. The average molecular weight is 287 g/mol. The number of hydrogen-bond donors (Lipinski definition) is 1. The molecule has 1 nitrogen and oxygen atoms in total. The van der Waals surface area contributed by atoms with Crippen LogP contribution in [0.1, 0.15) is 82.0 Å². The predicted molar refractivity (Wildman–Crippen MR) is 92.8 cm³/mol. The summed E-state index contributed by atoms with van der Waals surface area (Å²) in [7, 11) is 0. The zero-order valence-corrected chi connectivity index (χ0v) is 14.3. The van der Waals surface area contributed by atoms with E-state index in [1.54, 1.807) is 5.56 Å². The van der Waals surface area contributed by atoms with Crippen molar-refractivity contribution in [2.24, 2.45) is 5.92 Å². The Balaban J connectivity index is 2.23. The van der Waals surface area contributed by atoms with Crippen molar-refractivity contribution >= 4 is 0 Å². The number of aryl methyl sites for hydroxylation is 2. The van der Waals surface area contributed by atoms with Gasteiger partial charge in [0.1, 0.15) is 0 Å². The molecular weight excluding hydrogens is 254 g/mol. The lowest BCUT2D eigenvalue weighted by atomic mass is 9.85. The fraction of sp³-hybridized carbons (Fsp3) is 0.700. The van der Waals surface area contributed by atoms with Gasteiger partial charge in [-0.3, -0.25) is 0 Å². The Morgan fingerprint density at radius 3 is 2.19 bits per heavy atom. The van der Waals surface area contributed by atoms with E-state index in [1.165, 1.54) is 49.7 Å². The van der Waals surface area contributed by atoms with Gasteiger partial charge in [0.25, 0.3) is 0 Å². The van der Waals surface area contributed by atoms with E-state index in [0.29, 0.717) is 6.04 Å². The van der Waals surface area contributed by atoms with Crippen LogP contribution in [0, 0.1) is 5.92 Å². The highest BCUT2D eigenvalue weighted by atomic mass is 14.9. The molecular formula is C20H33N. The molecule has 1 aromatic rings. The number of rotatable bonds is 6. The van der Waals surface area contributed by atoms with E-state index in [0.717, 1.165) is 25.3 Å². The van der Waals surface area contributed by atoms with E-state index in [9.17, 15) is 0 Å². The minimum absolute atomic E-state index is 0.560. The molecule has 1 aliphatic carbocycles. The van der Waals surface area contributed by atoms with Crippen LogP contribution < -0.4 is 5.32 Å². The van der Waals surface area contributed by atoms with Crippen molar-refractivity contribution in [1.82, 2.24) is 5.32 Å². The summed E-state index contributed by atoms with van der Waals surface area (Å²) >= 11 is 0. The summed E-state index contributed by atoms with van der Waals surface area (Å²) < 4.78 is 0. The highest BCUT2D eigenvalue weighted by Gasteiger charge is 2.23. The lowest BCUT2D eigenvalue weighted by Crippen LogP contribution is -2.28. The number of nitrogens with one attached hydrogen (secondary N) is 1. The summed E-state index contributed by atoms with van der Waals surface area (Å²) in [6.45, 7) is 7.86. The van der Waals surface area contributed by atoms with Crippen molar-refractivity contribution in [1.29, 1.82) is 0 Å². The van der Waals surface area contributed by atoms with Gasteiger partial charge in [0, 0.05) is 6.04 Å². The van der Waals surface area contributed by atoms with Gasteiger partial charge < -0.3 is 5.32 Å². The Bertz CT molecular complexity index is 416. The first-order valence-electron chi connectivity index (χ1n) is 9.15. The topological polar surface area (TPSA) is 12.0 Å². The number of benzene rings is 1. The van der Waals surface area contributed by atoms with Crippen LogP contribution in [0.4, 0.5) is 0 Å². The summed E-state index contributed by atoms with van der Waals surface area (Å²) in [6.07, 6.45) is 10.8. The van der Waals surface area contributed by atoms with E-state index in [-0.39, 0.29) is 0 Å². The minimum Gasteiger partial charge on any atom is -0.310 e. The first-order valence-corrected chi connectivity index (χ1v) is 9.15. The molecule has 1 atom stereocenters. The van der Waals surface area contributed by atoms with E-state index in [1.807, 2.05) is 0 Å². The molecule has 2 rings (SSSR count). The van der Waals surface area contributed by atoms with Crippen LogP contribution >= 0.6 is 0 Å². The largest absolute Gasteiger partial charge is 0.310 e. The van der Waals surface area contributed by atoms with Crippen molar-refractivity contribution in [3.05, 3.63) is 34.9 Å². The van der Waals surface area contributed by atoms with Gasteiger partial charge in [-0.05, 0) is 54.8 Å². The van der Waals surface area contributed by atoms with Gasteiger partial charge in [-0.2, -0.15) is 0 Å². The molecule has 1 N–H and O–H groups in total. The van der Waals surface area contributed by atoms with Gasteiger partial charge >= 0.3 is 0 Å². The van der Waals surface area contributed by atoms with Crippen molar-refractivity contribution in [3.8, 4) is 0 Å². The Morgan fingerprint density at radius 1 is 0.952 bits per heavy atom. The van der Waals surface area contributed by atoms with Gasteiger partial charge in [0.15, 0.2) is 0 Å². The van der Waals surface area contributed by atoms with Crippen LogP contribution in [0.2, 0.25) is 0 Å². The maximum atomic E-state index is 3.79. The third-order valence-corrected chi connectivity index (χ3v) is 5.15. The van der Waals surface area contributed by atoms with Crippen LogP contribution in [0.3, 0.4) is 0 Å². The molecule has 1 aliphatic rings. The first kappa shape index (κ1) is 16.5. The summed E-state index contributed by atoms with van der Waals surface area (Å²) in [5.74, 6) is 0.824. The molecule has 0 amide bonds. The monoisotopic (exact) mass is 287 g/mol. The molecule has 1 unspecified atom stereocenters. The Kier molecular flexibility index (Phi) is 6.76. The van der Waals surface area contributed by atoms with Crippen LogP contribution in [0.5, 0.6) is 0 Å². The lowest BCUT2D eigenvalue weighted by molar-refractivity contribution is 0.330. The molecule has 0 aliphatic heterocycles. The SMILES string of the molecule is CCNC(c1ccc(CC)c(CC)c1)C1CCCCCC1. The third kappa shape index (κ3) is 4.32. The molecule has 1 aromatic carbocycles. The molecule has 0 spiro atoms. The van der Waals surface area contributed by atoms with Crippen LogP contribution in [-0.4, -0.2) is 6.54 Å². The Labute approximate surface area is 131 Å². The van der Waals surface area contributed by atoms with E-state index in [2.05, 4.69) is 44.3 Å². The molecule has 118 valence electrons. The molecule has 0 radical (unpaired) electrons. The molecule has 21 heavy (non-hydrogen) atoms. The molecule has 1 heteroatoms. The van der Waals surface area contributed by atoms with Gasteiger partial charge in [-0.25, -0.2) is 0 Å². The molecule has 1 saturated carbocycles. The lowest BCUT2D eigenvalue weighted by Gasteiger charge is -2.28. The number of hydrogen-bond acceptors (Lipinski definition) is 1. The highest BCUT2D eigenvalue weighted by molar-refractivity contribution is 5.34. The van der Waals surface area contributed by atoms with Crippen molar-refractivity contribution in [2.45, 2.75) is 78.2 Å². The van der Waals surface area contributed by atoms with Crippen molar-refractivity contribution in [2.75, 3.05) is 6.54 Å². The zero-order chi connectivity index (χ0) is 15.1. The second-order valence-corrected chi connectivity index (χ2v) is 6.52. The van der Waals surface area contributed by atoms with Crippen molar-refractivity contribution in [3.63, 3.8) is 0 Å². The zero-order valence-electron chi connectivity index (χ0n) is 14.3. The fourth-order valence-corrected chi connectivity index (χ4v) is 3.93. The summed E-state index contributed by atoms with van der Waals surface area (Å²) in [6, 6.07) is 7.80. The minimum atomic E-state index is 0.560. The van der Waals surface area contributed by atoms with Crippen LogP contribution in [0.15, 0.2) is 18.2 Å². The normalized spacial score (nSPS) is 18.4. The maximum Gasteiger partial charge on any atom is 0.0348 e. The third-order valence-electron chi connectivity index (χ3n) is 5.15. The molecule has 0 aromatic heterocycles. The van der Waals surface area contributed by atoms with Crippen LogP contribution in [0.25, 0.3) is 0 Å².